The van der Waals surface area contributed by atoms with Crippen LogP contribution >= 0.6 is 0 Å². The van der Waals surface area contributed by atoms with Gasteiger partial charge in [0.15, 0.2) is 5.78 Å². The number of aliphatic hydroxyl groups excluding tert-OH is 2. The molecule has 0 aromatic rings. The summed E-state index contributed by atoms with van der Waals surface area (Å²) in [4.78, 5) is 11.0. The largest absolute Gasteiger partial charge is 0.513 e. The van der Waals surface area contributed by atoms with E-state index in [0.717, 1.165) is 11.1 Å². The highest BCUT2D eigenvalue weighted by Gasteiger charge is 2.11. The minimum Gasteiger partial charge on any atom is -0.513 e. The van der Waals surface area contributed by atoms with Gasteiger partial charge in [-0.05, 0) is 50.0 Å². The Balaban J connectivity index is 2.78. The van der Waals surface area contributed by atoms with E-state index in [4.69, 9.17) is 5.11 Å². The molecule has 3 nitrogen and oxygen atoms in total. The number of carbonyl (C=O) groups is 1. The first kappa shape index (κ1) is 13.3. The number of aliphatic hydroxyl groups is 2. The molecular formula is C14H18O3. The van der Waals surface area contributed by atoms with Gasteiger partial charge in [-0.2, -0.15) is 0 Å². The average molecular weight is 234 g/mol. The number of ketones is 1. The van der Waals surface area contributed by atoms with Crippen molar-refractivity contribution >= 4 is 5.78 Å². The average Bonchev–Trinajstić information content (AvgIpc) is 2.28. The minimum atomic E-state index is 0.0991. The standard InChI is InChI=1S/C14H18O3/c1-10(4-3-5-11(2)15)14(17)12-6-8-13(16)9-7-12/h4-6,8,15,17H,3,7,9H2,1-2H3/b10-4+,11-5+,14-12?. The van der Waals surface area contributed by atoms with Crippen molar-refractivity contribution < 1.29 is 15.0 Å². The molecule has 0 fully saturated rings. The number of carbonyl (C=O) groups excluding carboxylic acids is 1. The van der Waals surface area contributed by atoms with Crippen LogP contribution in [0.15, 0.2) is 47.0 Å². The van der Waals surface area contributed by atoms with Gasteiger partial charge in [-0.25, -0.2) is 0 Å². The fraction of sp³-hybridized carbons (Fsp3) is 0.357. The first-order chi connectivity index (χ1) is 8.00. The molecule has 0 spiro atoms. The van der Waals surface area contributed by atoms with E-state index in [1.54, 1.807) is 19.1 Å². The van der Waals surface area contributed by atoms with Crippen LogP contribution in [0, 0.1) is 0 Å². The van der Waals surface area contributed by atoms with Gasteiger partial charge < -0.3 is 10.2 Å². The second-order valence-electron chi connectivity index (χ2n) is 4.14. The van der Waals surface area contributed by atoms with Crippen LogP contribution in [0.3, 0.4) is 0 Å². The quantitative estimate of drug-likeness (QED) is 0.734. The third-order valence-electron chi connectivity index (χ3n) is 2.63. The lowest BCUT2D eigenvalue weighted by molar-refractivity contribution is -0.114. The van der Waals surface area contributed by atoms with Crippen molar-refractivity contribution in [3.8, 4) is 0 Å². The Hall–Kier alpha value is -1.77. The molecule has 0 aromatic heterocycles. The Labute approximate surface area is 101 Å². The topological polar surface area (TPSA) is 57.5 Å². The lowest BCUT2D eigenvalue weighted by atomic mass is 9.97. The number of hydrogen-bond acceptors (Lipinski definition) is 3. The van der Waals surface area contributed by atoms with Gasteiger partial charge >= 0.3 is 0 Å². The second kappa shape index (κ2) is 6.09. The van der Waals surface area contributed by atoms with Gasteiger partial charge in [0.25, 0.3) is 0 Å². The first-order valence-electron chi connectivity index (χ1n) is 5.66. The van der Waals surface area contributed by atoms with E-state index in [-0.39, 0.29) is 17.3 Å². The summed E-state index contributed by atoms with van der Waals surface area (Å²) in [5.41, 5.74) is 1.56. The van der Waals surface area contributed by atoms with E-state index in [0.29, 0.717) is 19.3 Å². The molecule has 92 valence electrons. The van der Waals surface area contributed by atoms with E-state index in [2.05, 4.69) is 0 Å². The maximum Gasteiger partial charge on any atom is 0.156 e. The summed E-state index contributed by atoms with van der Waals surface area (Å²) in [5, 5.41) is 18.9. The molecule has 0 aromatic carbocycles. The maximum absolute atomic E-state index is 11.0. The Bertz CT molecular complexity index is 419. The molecule has 0 aliphatic heterocycles. The Morgan fingerprint density at radius 1 is 1.24 bits per heavy atom. The van der Waals surface area contributed by atoms with Crippen LogP contribution in [0.2, 0.25) is 0 Å². The molecule has 0 heterocycles. The van der Waals surface area contributed by atoms with Crippen molar-refractivity contribution in [2.45, 2.75) is 33.1 Å². The summed E-state index contributed by atoms with van der Waals surface area (Å²) < 4.78 is 0. The third kappa shape index (κ3) is 4.31. The van der Waals surface area contributed by atoms with Crippen LogP contribution in [0.4, 0.5) is 0 Å². The molecule has 17 heavy (non-hydrogen) atoms. The van der Waals surface area contributed by atoms with E-state index in [9.17, 15) is 9.90 Å². The lowest BCUT2D eigenvalue weighted by Crippen LogP contribution is -2.02. The molecule has 1 aliphatic carbocycles. The molecule has 1 aliphatic rings. The summed E-state index contributed by atoms with van der Waals surface area (Å²) in [7, 11) is 0. The van der Waals surface area contributed by atoms with Crippen LogP contribution in [0.5, 0.6) is 0 Å². The van der Waals surface area contributed by atoms with Crippen LogP contribution in [-0.2, 0) is 4.79 Å². The summed E-state index contributed by atoms with van der Waals surface area (Å²) in [6, 6.07) is 0. The normalized spacial score (nSPS) is 20.7. The SMILES string of the molecule is C/C(O)=C\C/C=C(\C)C(O)=C1C=CC(=O)CC1. The molecule has 3 heteroatoms. The monoisotopic (exact) mass is 234 g/mol. The van der Waals surface area contributed by atoms with E-state index in [1.807, 2.05) is 13.0 Å². The van der Waals surface area contributed by atoms with Gasteiger partial charge in [-0.3, -0.25) is 4.79 Å². The van der Waals surface area contributed by atoms with E-state index >= 15 is 0 Å². The number of hydrogen-bond donors (Lipinski definition) is 2. The van der Waals surface area contributed by atoms with Gasteiger partial charge in [0.05, 0.1) is 5.76 Å². The predicted octanol–water partition coefficient (Wildman–Crippen LogP) is 3.52. The van der Waals surface area contributed by atoms with Gasteiger partial charge in [0.2, 0.25) is 0 Å². The zero-order valence-electron chi connectivity index (χ0n) is 10.2. The van der Waals surface area contributed by atoms with Crippen molar-refractivity contribution in [2.75, 3.05) is 0 Å². The van der Waals surface area contributed by atoms with E-state index < -0.39 is 0 Å². The summed E-state index contributed by atoms with van der Waals surface area (Å²) in [6.07, 6.45) is 8.30. The lowest BCUT2D eigenvalue weighted by Gasteiger charge is -2.10. The summed E-state index contributed by atoms with van der Waals surface area (Å²) >= 11 is 0. The molecular weight excluding hydrogens is 216 g/mol. The molecule has 0 saturated carbocycles. The fourth-order valence-electron chi connectivity index (χ4n) is 1.57. The first-order valence-corrected chi connectivity index (χ1v) is 5.66. The van der Waals surface area contributed by atoms with Crippen LogP contribution in [0.25, 0.3) is 0 Å². The summed E-state index contributed by atoms with van der Waals surface area (Å²) in [6.45, 7) is 3.42. The molecule has 0 saturated heterocycles. The van der Waals surface area contributed by atoms with Crippen molar-refractivity contribution in [1.82, 2.24) is 0 Å². The highest BCUT2D eigenvalue weighted by Crippen LogP contribution is 2.21. The molecule has 0 radical (unpaired) electrons. The zero-order valence-corrected chi connectivity index (χ0v) is 10.2. The highest BCUT2D eigenvalue weighted by molar-refractivity contribution is 5.91. The van der Waals surface area contributed by atoms with Gasteiger partial charge in [-0.15, -0.1) is 0 Å². The van der Waals surface area contributed by atoms with Crippen molar-refractivity contribution in [2.24, 2.45) is 0 Å². The zero-order chi connectivity index (χ0) is 12.8. The molecule has 0 amide bonds. The fourth-order valence-corrected chi connectivity index (χ4v) is 1.57. The predicted molar refractivity (Wildman–Crippen MR) is 67.8 cm³/mol. The Morgan fingerprint density at radius 2 is 1.94 bits per heavy atom. The Morgan fingerprint density at radius 3 is 2.47 bits per heavy atom. The molecule has 1 rings (SSSR count). The smallest absolute Gasteiger partial charge is 0.156 e. The number of allylic oxidation sites excluding steroid dienone is 7. The maximum atomic E-state index is 11.0. The summed E-state index contributed by atoms with van der Waals surface area (Å²) in [5.74, 6) is 0.601. The molecule has 0 bridgehead atoms. The van der Waals surface area contributed by atoms with Gasteiger partial charge in [0, 0.05) is 6.42 Å². The van der Waals surface area contributed by atoms with Crippen LogP contribution in [0.1, 0.15) is 33.1 Å². The van der Waals surface area contributed by atoms with Crippen molar-refractivity contribution in [3.05, 3.63) is 47.0 Å². The van der Waals surface area contributed by atoms with Crippen molar-refractivity contribution in [1.29, 1.82) is 0 Å². The molecule has 0 unspecified atom stereocenters. The molecule has 2 N–H and O–H groups in total. The molecule has 0 atom stereocenters. The van der Waals surface area contributed by atoms with Gasteiger partial charge in [-0.1, -0.05) is 12.2 Å². The minimum absolute atomic E-state index is 0.0991. The van der Waals surface area contributed by atoms with E-state index in [1.165, 1.54) is 6.08 Å². The highest BCUT2D eigenvalue weighted by atomic mass is 16.3. The second-order valence-corrected chi connectivity index (χ2v) is 4.14. The van der Waals surface area contributed by atoms with Crippen LogP contribution < -0.4 is 0 Å². The van der Waals surface area contributed by atoms with Crippen LogP contribution in [-0.4, -0.2) is 16.0 Å². The van der Waals surface area contributed by atoms with Crippen molar-refractivity contribution in [3.63, 3.8) is 0 Å². The van der Waals surface area contributed by atoms with Gasteiger partial charge in [0.1, 0.15) is 5.76 Å². The third-order valence-corrected chi connectivity index (χ3v) is 2.63. The number of rotatable bonds is 3. The Kier molecular flexibility index (Phi) is 4.76.